The summed E-state index contributed by atoms with van der Waals surface area (Å²) in [5.74, 6) is -0.569. The molecule has 2 N–H and O–H groups in total. The van der Waals surface area contributed by atoms with Crippen LogP contribution in [0.25, 0.3) is 16.7 Å². The maximum atomic E-state index is 12.7. The van der Waals surface area contributed by atoms with Gasteiger partial charge in [-0.2, -0.15) is 9.97 Å². The SMILES string of the molecule is CCOC(=O)c1ccc(Oc2nc(C)c3ccc(=O)n(-c4ccc(C(N)=O)cc4)c3n2)cc1. The minimum Gasteiger partial charge on any atom is -0.462 e. The summed E-state index contributed by atoms with van der Waals surface area (Å²) in [6, 6.07) is 15.8. The van der Waals surface area contributed by atoms with Gasteiger partial charge in [-0.05, 0) is 68.4 Å². The van der Waals surface area contributed by atoms with Gasteiger partial charge in [0.25, 0.3) is 5.56 Å². The lowest BCUT2D eigenvalue weighted by molar-refractivity contribution is 0.0526. The van der Waals surface area contributed by atoms with Crippen LogP contribution >= 0.6 is 0 Å². The molecule has 0 bridgehead atoms. The highest BCUT2D eigenvalue weighted by atomic mass is 16.5. The van der Waals surface area contributed by atoms with Crippen molar-refractivity contribution in [1.29, 1.82) is 0 Å². The lowest BCUT2D eigenvalue weighted by Gasteiger charge is -2.12. The number of hydrogen-bond donors (Lipinski definition) is 1. The van der Waals surface area contributed by atoms with Gasteiger partial charge in [0.15, 0.2) is 5.65 Å². The highest BCUT2D eigenvalue weighted by molar-refractivity contribution is 5.93. The van der Waals surface area contributed by atoms with Crippen molar-refractivity contribution >= 4 is 22.9 Å². The van der Waals surface area contributed by atoms with E-state index in [1.807, 2.05) is 0 Å². The molecular formula is C24H20N4O5. The van der Waals surface area contributed by atoms with E-state index >= 15 is 0 Å². The summed E-state index contributed by atoms with van der Waals surface area (Å²) in [7, 11) is 0. The molecule has 4 rings (SSSR count). The molecule has 9 heteroatoms. The number of benzene rings is 2. The van der Waals surface area contributed by atoms with Crippen LogP contribution < -0.4 is 16.0 Å². The Hall–Kier alpha value is -4.53. The van der Waals surface area contributed by atoms with E-state index in [-0.39, 0.29) is 18.2 Å². The number of aromatic nitrogens is 3. The molecule has 0 spiro atoms. The Labute approximate surface area is 188 Å². The average Bonchev–Trinajstić information content (AvgIpc) is 2.79. The van der Waals surface area contributed by atoms with Gasteiger partial charge in [0, 0.05) is 17.0 Å². The zero-order valence-electron chi connectivity index (χ0n) is 17.9. The number of aryl methyl sites for hydroxylation is 1. The molecule has 0 unspecified atom stereocenters. The minimum atomic E-state index is -0.561. The number of nitrogens with zero attached hydrogens (tertiary/aromatic N) is 3. The predicted molar refractivity (Wildman–Crippen MR) is 121 cm³/mol. The first-order valence-corrected chi connectivity index (χ1v) is 10.1. The number of primary amides is 1. The molecule has 0 aliphatic heterocycles. The second-order valence-electron chi connectivity index (χ2n) is 7.09. The Kier molecular flexibility index (Phi) is 5.86. The molecule has 2 aromatic heterocycles. The summed E-state index contributed by atoms with van der Waals surface area (Å²) in [5, 5.41) is 0.665. The third kappa shape index (κ3) is 4.42. The van der Waals surface area contributed by atoms with Crippen molar-refractivity contribution in [2.75, 3.05) is 6.61 Å². The molecule has 0 saturated heterocycles. The Bertz CT molecular complexity index is 1410. The van der Waals surface area contributed by atoms with Crippen LogP contribution in [0.3, 0.4) is 0 Å². The summed E-state index contributed by atoms with van der Waals surface area (Å²) in [6.07, 6.45) is 0. The third-order valence-corrected chi connectivity index (χ3v) is 4.90. The highest BCUT2D eigenvalue weighted by Crippen LogP contribution is 2.24. The van der Waals surface area contributed by atoms with Crippen LogP contribution in [0.15, 0.2) is 65.5 Å². The van der Waals surface area contributed by atoms with E-state index < -0.39 is 11.9 Å². The number of amides is 1. The van der Waals surface area contributed by atoms with Crippen molar-refractivity contribution in [2.24, 2.45) is 5.73 Å². The van der Waals surface area contributed by atoms with E-state index in [9.17, 15) is 14.4 Å². The number of esters is 1. The number of nitrogens with two attached hydrogens (primary N) is 1. The molecule has 9 nitrogen and oxygen atoms in total. The Morgan fingerprint density at radius 1 is 0.939 bits per heavy atom. The molecule has 4 aromatic rings. The lowest BCUT2D eigenvalue weighted by Crippen LogP contribution is -2.19. The van der Waals surface area contributed by atoms with E-state index in [0.717, 1.165) is 0 Å². The van der Waals surface area contributed by atoms with Gasteiger partial charge in [-0.25, -0.2) is 4.79 Å². The van der Waals surface area contributed by atoms with Crippen LogP contribution in [0.1, 0.15) is 33.3 Å². The van der Waals surface area contributed by atoms with E-state index in [1.165, 1.54) is 10.6 Å². The lowest BCUT2D eigenvalue weighted by atomic mass is 10.2. The van der Waals surface area contributed by atoms with Crippen molar-refractivity contribution in [2.45, 2.75) is 13.8 Å². The van der Waals surface area contributed by atoms with Crippen molar-refractivity contribution in [3.8, 4) is 17.4 Å². The molecule has 166 valence electrons. The normalized spacial score (nSPS) is 10.7. The molecule has 0 radical (unpaired) electrons. The van der Waals surface area contributed by atoms with Crippen LogP contribution in [-0.4, -0.2) is 33.0 Å². The van der Waals surface area contributed by atoms with Gasteiger partial charge in [-0.3, -0.25) is 14.2 Å². The zero-order chi connectivity index (χ0) is 23.5. The quantitative estimate of drug-likeness (QED) is 0.453. The fraction of sp³-hybridized carbons (Fsp3) is 0.125. The molecule has 0 atom stereocenters. The van der Waals surface area contributed by atoms with Gasteiger partial charge in [0.1, 0.15) is 5.75 Å². The van der Waals surface area contributed by atoms with Crippen LogP contribution in [0, 0.1) is 6.92 Å². The molecule has 0 saturated carbocycles. The number of ether oxygens (including phenoxy) is 2. The van der Waals surface area contributed by atoms with Crippen molar-refractivity contribution in [1.82, 2.24) is 14.5 Å². The monoisotopic (exact) mass is 444 g/mol. The number of fused-ring (bicyclic) bond motifs is 1. The molecule has 33 heavy (non-hydrogen) atoms. The van der Waals surface area contributed by atoms with Crippen molar-refractivity contribution in [3.05, 3.63) is 87.8 Å². The summed E-state index contributed by atoms with van der Waals surface area (Å²) >= 11 is 0. The third-order valence-electron chi connectivity index (χ3n) is 4.90. The van der Waals surface area contributed by atoms with Gasteiger partial charge in [0.05, 0.1) is 23.6 Å². The Morgan fingerprint density at radius 3 is 2.24 bits per heavy atom. The number of hydrogen-bond acceptors (Lipinski definition) is 7. The fourth-order valence-electron chi connectivity index (χ4n) is 3.29. The van der Waals surface area contributed by atoms with Gasteiger partial charge in [-0.15, -0.1) is 0 Å². The maximum absolute atomic E-state index is 12.7. The zero-order valence-corrected chi connectivity index (χ0v) is 17.9. The first-order chi connectivity index (χ1) is 15.9. The number of carbonyl (C=O) groups excluding carboxylic acids is 2. The largest absolute Gasteiger partial charge is 0.462 e. The van der Waals surface area contributed by atoms with Crippen LogP contribution in [0.4, 0.5) is 0 Å². The van der Waals surface area contributed by atoms with Crippen LogP contribution in [0.5, 0.6) is 11.8 Å². The van der Waals surface area contributed by atoms with E-state index in [2.05, 4.69) is 9.97 Å². The van der Waals surface area contributed by atoms with Crippen molar-refractivity contribution < 1.29 is 19.1 Å². The van der Waals surface area contributed by atoms with Crippen molar-refractivity contribution in [3.63, 3.8) is 0 Å². The first kappa shape index (κ1) is 21.7. The van der Waals surface area contributed by atoms with Crippen LogP contribution in [-0.2, 0) is 4.74 Å². The van der Waals surface area contributed by atoms with Gasteiger partial charge >= 0.3 is 12.0 Å². The van der Waals surface area contributed by atoms with Gasteiger partial charge in [0.2, 0.25) is 5.91 Å². The second-order valence-corrected chi connectivity index (χ2v) is 7.09. The Balaban J connectivity index is 1.74. The molecule has 2 heterocycles. The summed E-state index contributed by atoms with van der Waals surface area (Å²) in [4.78, 5) is 44.8. The molecule has 0 fully saturated rings. The summed E-state index contributed by atoms with van der Waals surface area (Å²) in [6.45, 7) is 3.81. The molecule has 2 aromatic carbocycles. The molecule has 0 aliphatic rings. The molecular weight excluding hydrogens is 424 g/mol. The number of rotatable bonds is 6. The Morgan fingerprint density at radius 2 is 1.61 bits per heavy atom. The van der Waals surface area contributed by atoms with E-state index in [1.54, 1.807) is 68.4 Å². The average molecular weight is 444 g/mol. The minimum absolute atomic E-state index is 0.0389. The van der Waals surface area contributed by atoms with Gasteiger partial charge in [-0.1, -0.05) is 0 Å². The van der Waals surface area contributed by atoms with E-state index in [4.69, 9.17) is 15.2 Å². The standard InChI is InChI=1S/C24H20N4O5/c1-3-32-23(31)16-6-10-18(11-7-16)33-24-26-14(2)19-12-13-20(29)28(22(19)27-24)17-8-4-15(5-9-17)21(25)30/h4-13H,3H2,1-2H3,(H2,25,30). The smallest absolute Gasteiger partial charge is 0.338 e. The summed E-state index contributed by atoms with van der Waals surface area (Å²) < 4.78 is 12.2. The topological polar surface area (TPSA) is 126 Å². The predicted octanol–water partition coefficient (Wildman–Crippen LogP) is 3.16. The second kappa shape index (κ2) is 8.91. The first-order valence-electron chi connectivity index (χ1n) is 10.1. The molecule has 1 amide bonds. The fourth-order valence-corrected chi connectivity index (χ4v) is 3.29. The highest BCUT2D eigenvalue weighted by Gasteiger charge is 2.14. The number of pyridine rings is 1. The molecule has 0 aliphatic carbocycles. The van der Waals surface area contributed by atoms with Crippen LogP contribution in [0.2, 0.25) is 0 Å². The maximum Gasteiger partial charge on any atom is 0.338 e. The van der Waals surface area contributed by atoms with E-state index in [0.29, 0.717) is 39.3 Å². The number of carbonyl (C=O) groups is 2. The van der Waals surface area contributed by atoms with Gasteiger partial charge < -0.3 is 15.2 Å². The summed E-state index contributed by atoms with van der Waals surface area (Å²) in [5.41, 5.74) is 7.19.